The predicted octanol–water partition coefficient (Wildman–Crippen LogP) is 4.73. The standard InChI is InChI=1S/C23H22Cl2N2O5/c1-31-17-9-16(10-18(11-17)32-2)26-13-21-19(24)12-20(25)22(28)27(21)8-7-14-3-5-15(6-4-14)23(29)30/h3-6,9-12,26H,7-8,13H2,1-2H3,(H,29,30). The molecule has 1 aromatic heterocycles. The number of benzene rings is 2. The number of aromatic carboxylic acids is 1. The SMILES string of the molecule is COc1cc(NCc2c(Cl)cc(Cl)c(=O)n2CCc2ccc(C(=O)O)cc2)cc(OC)c1. The Bertz CT molecular complexity index is 1150. The first-order valence-electron chi connectivity index (χ1n) is 9.69. The molecule has 0 saturated heterocycles. The first-order chi connectivity index (χ1) is 15.3. The number of carboxylic acids is 1. The summed E-state index contributed by atoms with van der Waals surface area (Å²) in [6.45, 7) is 0.587. The number of rotatable bonds is 9. The average molecular weight is 477 g/mol. The highest BCUT2D eigenvalue weighted by molar-refractivity contribution is 6.34. The molecule has 3 aromatic rings. The summed E-state index contributed by atoms with van der Waals surface area (Å²) in [7, 11) is 3.13. The predicted molar refractivity (Wildman–Crippen MR) is 125 cm³/mol. The molecular formula is C23H22Cl2N2O5. The summed E-state index contributed by atoms with van der Waals surface area (Å²) in [6, 6.07) is 13.3. The molecule has 0 aliphatic rings. The third kappa shape index (κ3) is 5.55. The zero-order valence-corrected chi connectivity index (χ0v) is 19.0. The lowest BCUT2D eigenvalue weighted by atomic mass is 10.1. The van der Waals surface area contributed by atoms with Crippen LogP contribution in [0, 0.1) is 0 Å². The second-order valence-electron chi connectivity index (χ2n) is 6.95. The van der Waals surface area contributed by atoms with Gasteiger partial charge in [-0.2, -0.15) is 0 Å². The summed E-state index contributed by atoms with van der Waals surface area (Å²) in [5, 5.41) is 12.7. The fourth-order valence-electron chi connectivity index (χ4n) is 3.20. The highest BCUT2D eigenvalue weighted by atomic mass is 35.5. The molecule has 1 heterocycles. The Labute approximate surface area is 195 Å². The van der Waals surface area contributed by atoms with Crippen molar-refractivity contribution < 1.29 is 19.4 Å². The van der Waals surface area contributed by atoms with Crippen LogP contribution in [-0.2, 0) is 19.5 Å². The van der Waals surface area contributed by atoms with Gasteiger partial charge in [-0.15, -0.1) is 0 Å². The fourth-order valence-corrected chi connectivity index (χ4v) is 3.75. The first kappa shape index (κ1) is 23.5. The van der Waals surface area contributed by atoms with Crippen molar-refractivity contribution in [2.24, 2.45) is 0 Å². The van der Waals surface area contributed by atoms with Crippen molar-refractivity contribution in [3.63, 3.8) is 0 Å². The lowest BCUT2D eigenvalue weighted by Gasteiger charge is -2.17. The Balaban J connectivity index is 1.84. The van der Waals surface area contributed by atoms with Gasteiger partial charge >= 0.3 is 5.97 Å². The third-order valence-electron chi connectivity index (χ3n) is 4.94. The molecule has 0 aliphatic carbocycles. The zero-order valence-electron chi connectivity index (χ0n) is 17.5. The second kappa shape index (κ2) is 10.4. The molecule has 0 fully saturated rings. The Morgan fingerprint density at radius 2 is 1.62 bits per heavy atom. The number of nitrogens with zero attached hydrogens (tertiary/aromatic N) is 1. The molecule has 0 spiro atoms. The molecule has 7 nitrogen and oxygen atoms in total. The summed E-state index contributed by atoms with van der Waals surface area (Å²) >= 11 is 12.5. The Hall–Kier alpha value is -3.16. The number of methoxy groups -OCH3 is 2. The van der Waals surface area contributed by atoms with Crippen LogP contribution in [0.1, 0.15) is 21.6 Å². The van der Waals surface area contributed by atoms with Gasteiger partial charge in [-0.1, -0.05) is 35.3 Å². The molecule has 32 heavy (non-hydrogen) atoms. The van der Waals surface area contributed by atoms with E-state index in [2.05, 4.69) is 5.32 Å². The summed E-state index contributed by atoms with van der Waals surface area (Å²) < 4.78 is 12.1. The van der Waals surface area contributed by atoms with Crippen molar-refractivity contribution in [2.75, 3.05) is 19.5 Å². The number of hydrogen-bond donors (Lipinski definition) is 2. The molecule has 0 aliphatic heterocycles. The van der Waals surface area contributed by atoms with Crippen LogP contribution in [0.25, 0.3) is 0 Å². The lowest BCUT2D eigenvalue weighted by molar-refractivity contribution is 0.0697. The quantitative estimate of drug-likeness (QED) is 0.464. The molecule has 2 N–H and O–H groups in total. The first-order valence-corrected chi connectivity index (χ1v) is 10.4. The van der Waals surface area contributed by atoms with E-state index in [1.165, 1.54) is 22.8 Å². The fraction of sp³-hybridized carbons (Fsp3) is 0.217. The van der Waals surface area contributed by atoms with E-state index in [0.29, 0.717) is 35.2 Å². The second-order valence-corrected chi connectivity index (χ2v) is 7.77. The molecule has 3 rings (SSSR count). The van der Waals surface area contributed by atoms with Gasteiger partial charge in [0.2, 0.25) is 0 Å². The van der Waals surface area contributed by atoms with Gasteiger partial charge in [0.15, 0.2) is 0 Å². The normalized spacial score (nSPS) is 10.6. The molecule has 0 amide bonds. The number of ether oxygens (including phenoxy) is 2. The number of hydrogen-bond acceptors (Lipinski definition) is 5. The van der Waals surface area contributed by atoms with E-state index in [9.17, 15) is 9.59 Å². The van der Waals surface area contributed by atoms with E-state index in [4.69, 9.17) is 37.8 Å². The van der Waals surface area contributed by atoms with Crippen molar-refractivity contribution in [3.8, 4) is 11.5 Å². The van der Waals surface area contributed by atoms with Crippen molar-refractivity contribution in [2.45, 2.75) is 19.5 Å². The molecule has 0 saturated carbocycles. The van der Waals surface area contributed by atoms with Gasteiger partial charge in [0.25, 0.3) is 5.56 Å². The minimum absolute atomic E-state index is 0.0306. The van der Waals surface area contributed by atoms with E-state index in [1.54, 1.807) is 44.6 Å². The molecule has 2 aromatic carbocycles. The molecule has 0 unspecified atom stereocenters. The van der Waals surface area contributed by atoms with Crippen LogP contribution in [0.15, 0.2) is 53.3 Å². The number of anilines is 1. The van der Waals surface area contributed by atoms with E-state index in [0.717, 1.165) is 11.3 Å². The van der Waals surface area contributed by atoms with Gasteiger partial charge in [0.1, 0.15) is 16.5 Å². The van der Waals surface area contributed by atoms with Crippen molar-refractivity contribution >= 4 is 34.9 Å². The maximum atomic E-state index is 12.7. The van der Waals surface area contributed by atoms with Gasteiger partial charge in [-0.3, -0.25) is 4.79 Å². The maximum absolute atomic E-state index is 12.7. The third-order valence-corrected chi connectivity index (χ3v) is 5.54. The van der Waals surface area contributed by atoms with Crippen LogP contribution in [-0.4, -0.2) is 29.9 Å². The minimum atomic E-state index is -0.989. The number of carboxylic acid groups (broad SMARTS) is 1. The number of nitrogens with one attached hydrogen (secondary N) is 1. The van der Waals surface area contributed by atoms with Crippen molar-refractivity contribution in [3.05, 3.63) is 85.8 Å². The average Bonchev–Trinajstić information content (AvgIpc) is 2.79. The molecular weight excluding hydrogens is 455 g/mol. The molecule has 9 heteroatoms. The van der Waals surface area contributed by atoms with Gasteiger partial charge in [-0.05, 0) is 30.2 Å². The summed E-state index contributed by atoms with van der Waals surface area (Å²) in [5.41, 5.74) is 2.04. The summed E-state index contributed by atoms with van der Waals surface area (Å²) in [5.74, 6) is 0.254. The van der Waals surface area contributed by atoms with Crippen LogP contribution in [0.2, 0.25) is 10.0 Å². The van der Waals surface area contributed by atoms with Crippen LogP contribution >= 0.6 is 23.2 Å². The largest absolute Gasteiger partial charge is 0.497 e. The summed E-state index contributed by atoms with van der Waals surface area (Å²) in [4.78, 5) is 23.8. The number of aryl methyl sites for hydroxylation is 1. The number of aromatic nitrogens is 1. The summed E-state index contributed by atoms with van der Waals surface area (Å²) in [6.07, 6.45) is 0.496. The highest BCUT2D eigenvalue weighted by Crippen LogP contribution is 2.27. The Morgan fingerprint density at radius 1 is 1.00 bits per heavy atom. The zero-order chi connectivity index (χ0) is 23.3. The maximum Gasteiger partial charge on any atom is 0.335 e. The number of halogens is 2. The lowest BCUT2D eigenvalue weighted by Crippen LogP contribution is -2.26. The Kier molecular flexibility index (Phi) is 7.66. The van der Waals surface area contributed by atoms with Gasteiger partial charge < -0.3 is 24.5 Å². The number of carbonyl (C=O) groups is 1. The van der Waals surface area contributed by atoms with Gasteiger partial charge in [0.05, 0.1) is 37.0 Å². The van der Waals surface area contributed by atoms with Crippen LogP contribution in [0.4, 0.5) is 5.69 Å². The van der Waals surface area contributed by atoms with Gasteiger partial charge in [0, 0.05) is 30.4 Å². The highest BCUT2D eigenvalue weighted by Gasteiger charge is 2.14. The van der Waals surface area contributed by atoms with Crippen LogP contribution < -0.4 is 20.3 Å². The minimum Gasteiger partial charge on any atom is -0.497 e. The van der Waals surface area contributed by atoms with Crippen molar-refractivity contribution in [1.29, 1.82) is 0 Å². The van der Waals surface area contributed by atoms with Crippen LogP contribution in [0.3, 0.4) is 0 Å². The van der Waals surface area contributed by atoms with E-state index >= 15 is 0 Å². The van der Waals surface area contributed by atoms with Gasteiger partial charge in [-0.25, -0.2) is 4.79 Å². The molecule has 168 valence electrons. The topological polar surface area (TPSA) is 89.8 Å². The van der Waals surface area contributed by atoms with Crippen molar-refractivity contribution in [1.82, 2.24) is 4.57 Å². The van der Waals surface area contributed by atoms with E-state index in [-0.39, 0.29) is 22.7 Å². The van der Waals surface area contributed by atoms with E-state index < -0.39 is 5.97 Å². The Morgan fingerprint density at radius 3 is 2.19 bits per heavy atom. The van der Waals surface area contributed by atoms with E-state index in [1.807, 2.05) is 0 Å². The monoisotopic (exact) mass is 476 g/mol. The molecule has 0 radical (unpaired) electrons. The van der Waals surface area contributed by atoms with Crippen LogP contribution in [0.5, 0.6) is 11.5 Å². The molecule has 0 bridgehead atoms. The number of pyridine rings is 1. The smallest absolute Gasteiger partial charge is 0.335 e. The molecule has 0 atom stereocenters.